The molecule has 0 aliphatic carbocycles. The van der Waals surface area contributed by atoms with Crippen molar-refractivity contribution in [3.05, 3.63) is 77.9 Å². The molecular formula is C20H15N5O. The number of hydrogen-bond donors (Lipinski definition) is 2. The zero-order valence-electron chi connectivity index (χ0n) is 13.8. The highest BCUT2D eigenvalue weighted by Crippen LogP contribution is 2.26. The molecule has 0 radical (unpaired) electrons. The Labute approximate surface area is 149 Å². The van der Waals surface area contributed by atoms with E-state index in [2.05, 4.69) is 20.7 Å². The van der Waals surface area contributed by atoms with Crippen molar-refractivity contribution in [3.8, 4) is 11.3 Å². The molecule has 26 heavy (non-hydrogen) atoms. The molecule has 0 atom stereocenters. The highest BCUT2D eigenvalue weighted by Gasteiger charge is 2.19. The van der Waals surface area contributed by atoms with E-state index in [1.807, 2.05) is 71.2 Å². The Morgan fingerprint density at radius 2 is 1.88 bits per heavy atom. The van der Waals surface area contributed by atoms with Gasteiger partial charge in [0.05, 0.1) is 5.69 Å². The SMILES string of the molecule is O=C1NCc2cc(-c3cccc4nc(Nc5ccccc5)nn34)ccc21. The van der Waals surface area contributed by atoms with Crippen molar-refractivity contribution in [2.24, 2.45) is 0 Å². The van der Waals surface area contributed by atoms with Crippen LogP contribution in [0.2, 0.25) is 0 Å². The van der Waals surface area contributed by atoms with E-state index in [9.17, 15) is 4.79 Å². The smallest absolute Gasteiger partial charge is 0.251 e. The summed E-state index contributed by atoms with van der Waals surface area (Å²) in [6.45, 7) is 0.566. The van der Waals surface area contributed by atoms with Gasteiger partial charge in [0.2, 0.25) is 5.95 Å². The van der Waals surface area contributed by atoms with E-state index < -0.39 is 0 Å². The summed E-state index contributed by atoms with van der Waals surface area (Å²) < 4.78 is 1.82. The molecule has 3 heterocycles. The zero-order valence-corrected chi connectivity index (χ0v) is 13.8. The van der Waals surface area contributed by atoms with Crippen LogP contribution in [0.25, 0.3) is 16.9 Å². The number of amides is 1. The first-order chi connectivity index (χ1) is 12.8. The molecule has 1 aliphatic rings. The van der Waals surface area contributed by atoms with Crippen molar-refractivity contribution in [3.63, 3.8) is 0 Å². The number of carbonyl (C=O) groups excluding carboxylic acids is 1. The van der Waals surface area contributed by atoms with Gasteiger partial charge in [0.1, 0.15) is 0 Å². The van der Waals surface area contributed by atoms with Gasteiger partial charge in [0.15, 0.2) is 5.65 Å². The Kier molecular flexibility index (Phi) is 3.21. The minimum absolute atomic E-state index is 0.0140. The highest BCUT2D eigenvalue weighted by molar-refractivity contribution is 5.98. The Bertz CT molecular complexity index is 1130. The van der Waals surface area contributed by atoms with Gasteiger partial charge in [-0.3, -0.25) is 4.79 Å². The van der Waals surface area contributed by atoms with Crippen LogP contribution in [0, 0.1) is 0 Å². The second-order valence-corrected chi connectivity index (χ2v) is 6.16. The van der Waals surface area contributed by atoms with E-state index in [-0.39, 0.29) is 5.91 Å². The third kappa shape index (κ3) is 2.39. The standard InChI is InChI=1S/C20H15N5O/c26-19-16-10-9-13(11-14(16)12-21-19)17-7-4-8-18-23-20(24-25(17)18)22-15-5-2-1-3-6-15/h1-11H,12H2,(H,21,26)(H,22,24). The summed E-state index contributed by atoms with van der Waals surface area (Å²) in [5, 5.41) is 10.7. The maximum Gasteiger partial charge on any atom is 0.251 e. The van der Waals surface area contributed by atoms with Gasteiger partial charge in [-0.25, -0.2) is 4.52 Å². The Morgan fingerprint density at radius 1 is 1.00 bits per heavy atom. The number of fused-ring (bicyclic) bond motifs is 2. The number of nitrogens with zero attached hydrogens (tertiary/aromatic N) is 3. The molecule has 2 aromatic heterocycles. The van der Waals surface area contributed by atoms with Gasteiger partial charge in [-0.1, -0.05) is 30.3 Å². The predicted octanol–water partition coefficient (Wildman–Crippen LogP) is 3.38. The fraction of sp³-hybridized carbons (Fsp3) is 0.0500. The lowest BCUT2D eigenvalue weighted by atomic mass is 10.0. The third-order valence-corrected chi connectivity index (χ3v) is 4.47. The molecular weight excluding hydrogens is 326 g/mol. The minimum Gasteiger partial charge on any atom is -0.348 e. The Morgan fingerprint density at radius 3 is 2.77 bits per heavy atom. The maximum absolute atomic E-state index is 11.8. The number of hydrogen-bond acceptors (Lipinski definition) is 4. The second kappa shape index (κ2) is 5.70. The monoisotopic (exact) mass is 341 g/mol. The molecule has 5 rings (SSSR count). The van der Waals surface area contributed by atoms with Crippen LogP contribution in [0.3, 0.4) is 0 Å². The first-order valence-corrected chi connectivity index (χ1v) is 8.37. The molecule has 1 amide bonds. The summed E-state index contributed by atoms with van der Waals surface area (Å²) in [5.41, 5.74) is 5.38. The molecule has 0 saturated heterocycles. The van der Waals surface area contributed by atoms with Crippen LogP contribution < -0.4 is 10.6 Å². The van der Waals surface area contributed by atoms with Crippen molar-refractivity contribution in [2.75, 3.05) is 5.32 Å². The van der Waals surface area contributed by atoms with Gasteiger partial charge in [0.25, 0.3) is 5.91 Å². The number of pyridine rings is 1. The molecule has 2 N–H and O–H groups in total. The van der Waals surface area contributed by atoms with Gasteiger partial charge in [-0.2, -0.15) is 4.98 Å². The van der Waals surface area contributed by atoms with E-state index in [4.69, 9.17) is 0 Å². The van der Waals surface area contributed by atoms with Crippen LogP contribution in [-0.2, 0) is 6.54 Å². The average molecular weight is 341 g/mol. The molecule has 4 aromatic rings. The van der Waals surface area contributed by atoms with Crippen molar-refractivity contribution in [1.82, 2.24) is 19.9 Å². The lowest BCUT2D eigenvalue weighted by molar-refractivity contribution is 0.0966. The lowest BCUT2D eigenvalue weighted by Gasteiger charge is -2.06. The summed E-state index contributed by atoms with van der Waals surface area (Å²) in [7, 11) is 0. The van der Waals surface area contributed by atoms with Gasteiger partial charge in [0, 0.05) is 23.4 Å². The largest absolute Gasteiger partial charge is 0.348 e. The molecule has 0 spiro atoms. The number of benzene rings is 2. The van der Waals surface area contributed by atoms with E-state index in [1.54, 1.807) is 0 Å². The zero-order chi connectivity index (χ0) is 17.5. The summed E-state index contributed by atoms with van der Waals surface area (Å²) in [5.74, 6) is 0.529. The normalized spacial score (nSPS) is 12.8. The third-order valence-electron chi connectivity index (χ3n) is 4.47. The fourth-order valence-electron chi connectivity index (χ4n) is 3.22. The Balaban J connectivity index is 1.57. The van der Waals surface area contributed by atoms with Crippen LogP contribution in [-0.4, -0.2) is 20.5 Å². The summed E-state index contributed by atoms with van der Waals surface area (Å²) >= 11 is 0. The fourth-order valence-corrected chi connectivity index (χ4v) is 3.22. The topological polar surface area (TPSA) is 71.3 Å². The summed E-state index contributed by atoms with van der Waals surface area (Å²) in [6.07, 6.45) is 0. The number of carbonyl (C=O) groups is 1. The van der Waals surface area contributed by atoms with Crippen LogP contribution >= 0.6 is 0 Å². The Hall–Kier alpha value is -3.67. The van der Waals surface area contributed by atoms with E-state index in [0.717, 1.165) is 33.7 Å². The summed E-state index contributed by atoms with van der Waals surface area (Å²) in [4.78, 5) is 16.3. The van der Waals surface area contributed by atoms with Crippen LogP contribution in [0.4, 0.5) is 11.6 Å². The van der Waals surface area contributed by atoms with Crippen molar-refractivity contribution >= 4 is 23.2 Å². The quantitative estimate of drug-likeness (QED) is 0.599. The molecule has 2 aromatic carbocycles. The number of nitrogens with one attached hydrogen (secondary N) is 2. The number of aromatic nitrogens is 3. The van der Waals surface area contributed by atoms with Crippen LogP contribution in [0.1, 0.15) is 15.9 Å². The minimum atomic E-state index is -0.0140. The van der Waals surface area contributed by atoms with E-state index >= 15 is 0 Å². The number of para-hydroxylation sites is 1. The number of rotatable bonds is 3. The molecule has 6 heteroatoms. The van der Waals surface area contributed by atoms with Crippen LogP contribution in [0.5, 0.6) is 0 Å². The average Bonchev–Trinajstić information content (AvgIpc) is 3.25. The molecule has 0 saturated carbocycles. The van der Waals surface area contributed by atoms with E-state index in [0.29, 0.717) is 12.5 Å². The molecule has 1 aliphatic heterocycles. The predicted molar refractivity (Wildman–Crippen MR) is 99.3 cm³/mol. The van der Waals surface area contributed by atoms with E-state index in [1.165, 1.54) is 0 Å². The van der Waals surface area contributed by atoms with Gasteiger partial charge in [-0.15, -0.1) is 5.10 Å². The molecule has 0 bridgehead atoms. The van der Waals surface area contributed by atoms with Gasteiger partial charge >= 0.3 is 0 Å². The maximum atomic E-state index is 11.8. The molecule has 0 unspecified atom stereocenters. The van der Waals surface area contributed by atoms with Crippen molar-refractivity contribution < 1.29 is 4.79 Å². The molecule has 126 valence electrons. The summed E-state index contributed by atoms with van der Waals surface area (Å²) in [6, 6.07) is 21.6. The molecule has 0 fully saturated rings. The highest BCUT2D eigenvalue weighted by atomic mass is 16.1. The van der Waals surface area contributed by atoms with Crippen molar-refractivity contribution in [2.45, 2.75) is 6.54 Å². The first kappa shape index (κ1) is 14.7. The van der Waals surface area contributed by atoms with Crippen LogP contribution in [0.15, 0.2) is 66.7 Å². The van der Waals surface area contributed by atoms with Gasteiger partial charge in [-0.05, 0) is 42.0 Å². The lowest BCUT2D eigenvalue weighted by Crippen LogP contribution is -2.12. The first-order valence-electron chi connectivity index (χ1n) is 8.37. The number of anilines is 2. The second-order valence-electron chi connectivity index (χ2n) is 6.16. The van der Waals surface area contributed by atoms with Gasteiger partial charge < -0.3 is 10.6 Å². The molecule has 6 nitrogen and oxygen atoms in total. The van der Waals surface area contributed by atoms with Crippen molar-refractivity contribution in [1.29, 1.82) is 0 Å².